The minimum atomic E-state index is -0.131. The van der Waals surface area contributed by atoms with Crippen molar-refractivity contribution < 1.29 is 0 Å². The molecule has 1 saturated carbocycles. The molecule has 182 valence electrons. The van der Waals surface area contributed by atoms with Gasteiger partial charge in [0.15, 0.2) is 5.69 Å². The Balaban J connectivity index is 1.69. The summed E-state index contributed by atoms with van der Waals surface area (Å²) in [7, 11) is 1.90. The first-order valence-corrected chi connectivity index (χ1v) is 13.7. The van der Waals surface area contributed by atoms with Gasteiger partial charge >= 0.3 is 0 Å². The van der Waals surface area contributed by atoms with Crippen molar-refractivity contribution in [1.82, 2.24) is 14.0 Å². The number of thiophene rings is 1. The average molecular weight is 506 g/mol. The van der Waals surface area contributed by atoms with Gasteiger partial charge in [-0.2, -0.15) is 5.10 Å². The quantitative estimate of drug-likeness (QED) is 0.318. The van der Waals surface area contributed by atoms with Gasteiger partial charge in [-0.1, -0.05) is 45.0 Å². The van der Waals surface area contributed by atoms with E-state index in [-0.39, 0.29) is 11.0 Å². The van der Waals surface area contributed by atoms with E-state index in [1.54, 1.807) is 16.0 Å². The van der Waals surface area contributed by atoms with E-state index in [1.165, 1.54) is 23.5 Å². The molecule has 1 fully saturated rings. The van der Waals surface area contributed by atoms with E-state index in [4.69, 9.17) is 10.1 Å². The predicted molar refractivity (Wildman–Crippen MR) is 146 cm³/mol. The maximum atomic E-state index is 13.5. The molecule has 1 atom stereocenters. The maximum Gasteiger partial charge on any atom is 0.297 e. The molecule has 0 radical (unpaired) electrons. The maximum absolute atomic E-state index is 13.5. The van der Waals surface area contributed by atoms with Crippen LogP contribution in [-0.4, -0.2) is 19.8 Å². The summed E-state index contributed by atoms with van der Waals surface area (Å²) in [6.07, 6.45) is 3.16. The molecule has 8 heteroatoms. The number of hydrogen-bond donors (Lipinski definition) is 0. The molecule has 35 heavy (non-hydrogen) atoms. The lowest BCUT2D eigenvalue weighted by atomic mass is 9.72. The van der Waals surface area contributed by atoms with Gasteiger partial charge in [0.1, 0.15) is 0 Å². The molecular formula is C27H31N5OS2. The van der Waals surface area contributed by atoms with E-state index in [1.807, 2.05) is 53.7 Å². The zero-order valence-electron chi connectivity index (χ0n) is 20.9. The summed E-state index contributed by atoms with van der Waals surface area (Å²) in [5, 5.41) is 9.34. The van der Waals surface area contributed by atoms with Gasteiger partial charge in [0, 0.05) is 18.1 Å². The fourth-order valence-electron chi connectivity index (χ4n) is 5.18. The summed E-state index contributed by atoms with van der Waals surface area (Å²) in [5.41, 5.74) is 4.39. The van der Waals surface area contributed by atoms with Crippen LogP contribution in [-0.2, 0) is 7.05 Å². The van der Waals surface area contributed by atoms with E-state index in [9.17, 15) is 4.79 Å². The van der Waals surface area contributed by atoms with Crippen LogP contribution >= 0.6 is 22.7 Å². The predicted octanol–water partition coefficient (Wildman–Crippen LogP) is 6.36. The minimum Gasteiger partial charge on any atom is -0.283 e. The largest absolute Gasteiger partial charge is 0.297 e. The van der Waals surface area contributed by atoms with Crippen LogP contribution in [0.25, 0.3) is 16.3 Å². The highest BCUT2D eigenvalue weighted by molar-refractivity contribution is 7.14. The molecule has 6 nitrogen and oxygen atoms in total. The molecule has 3 aromatic heterocycles. The molecule has 0 N–H and O–H groups in total. The SMILES string of the molecule is Cc1c(N=c2scc(-c3cccs3)n2N=C2CC(C)CC(C)(C)C2)c(=O)n(-c2ccccc2)n1C. The Hall–Kier alpha value is -2.97. The second-order valence-electron chi connectivity index (χ2n) is 10.2. The van der Waals surface area contributed by atoms with Gasteiger partial charge in [0.2, 0.25) is 4.80 Å². The van der Waals surface area contributed by atoms with Crippen molar-refractivity contribution in [2.45, 2.75) is 47.0 Å². The monoisotopic (exact) mass is 505 g/mol. The van der Waals surface area contributed by atoms with Crippen molar-refractivity contribution in [3.8, 4) is 16.3 Å². The van der Waals surface area contributed by atoms with Crippen molar-refractivity contribution in [2.75, 3.05) is 0 Å². The van der Waals surface area contributed by atoms with Crippen LogP contribution in [0.4, 0.5) is 5.69 Å². The third-order valence-corrected chi connectivity index (χ3v) is 8.31. The van der Waals surface area contributed by atoms with Crippen LogP contribution in [0.1, 0.15) is 45.7 Å². The van der Waals surface area contributed by atoms with Crippen molar-refractivity contribution in [3.63, 3.8) is 0 Å². The lowest BCUT2D eigenvalue weighted by molar-refractivity contribution is 0.265. The highest BCUT2D eigenvalue weighted by atomic mass is 32.1. The summed E-state index contributed by atoms with van der Waals surface area (Å²) >= 11 is 3.21. The van der Waals surface area contributed by atoms with Crippen molar-refractivity contribution in [1.29, 1.82) is 0 Å². The number of thiazole rings is 1. The standard InChI is InChI=1S/C27H31N5OS2/c1-18-14-20(16-27(3,4)15-18)29-31-22(23-12-9-13-34-23)17-35-26(31)28-24-19(2)30(5)32(25(24)33)21-10-7-6-8-11-21/h6-13,17-18H,14-16H2,1-5H3. The molecule has 3 heterocycles. The molecule has 1 unspecified atom stereocenters. The van der Waals surface area contributed by atoms with Gasteiger partial charge in [-0.05, 0) is 61.1 Å². The molecule has 0 aliphatic heterocycles. The first-order valence-electron chi connectivity index (χ1n) is 11.9. The Labute approximate surface area is 213 Å². The van der Waals surface area contributed by atoms with E-state index in [0.717, 1.165) is 34.8 Å². The molecule has 0 bridgehead atoms. The Bertz CT molecular complexity index is 1500. The molecule has 0 amide bonds. The number of nitrogens with zero attached hydrogens (tertiary/aromatic N) is 5. The van der Waals surface area contributed by atoms with Crippen LogP contribution < -0.4 is 10.4 Å². The lowest BCUT2D eigenvalue weighted by Crippen LogP contribution is -2.29. The van der Waals surface area contributed by atoms with Crippen molar-refractivity contribution in [2.24, 2.45) is 28.5 Å². The van der Waals surface area contributed by atoms with Gasteiger partial charge in [0.05, 0.1) is 22.0 Å². The molecule has 1 aliphatic carbocycles. The van der Waals surface area contributed by atoms with E-state index >= 15 is 0 Å². The van der Waals surface area contributed by atoms with Crippen LogP contribution in [0.15, 0.2) is 68.1 Å². The fraction of sp³-hybridized carbons (Fsp3) is 0.370. The third-order valence-electron chi connectivity index (χ3n) is 6.60. The van der Waals surface area contributed by atoms with Gasteiger partial charge in [-0.15, -0.1) is 22.7 Å². The molecule has 0 saturated heterocycles. The van der Waals surface area contributed by atoms with Gasteiger partial charge in [-0.3, -0.25) is 9.48 Å². The molecule has 0 spiro atoms. The van der Waals surface area contributed by atoms with Crippen LogP contribution in [0.3, 0.4) is 0 Å². The first-order chi connectivity index (χ1) is 16.7. The molecule has 1 aliphatic rings. The third kappa shape index (κ3) is 4.65. The zero-order chi connectivity index (χ0) is 24.7. The summed E-state index contributed by atoms with van der Waals surface area (Å²) in [5.74, 6) is 0.594. The molecule has 5 rings (SSSR count). The van der Waals surface area contributed by atoms with E-state index < -0.39 is 0 Å². The number of aromatic nitrogens is 3. The normalized spacial score (nSPS) is 19.5. The molecular weight excluding hydrogens is 474 g/mol. The average Bonchev–Trinajstić information content (AvgIpc) is 3.50. The smallest absolute Gasteiger partial charge is 0.283 e. The number of benzene rings is 1. The van der Waals surface area contributed by atoms with Gasteiger partial charge in [-0.25, -0.2) is 14.4 Å². The van der Waals surface area contributed by atoms with Crippen molar-refractivity contribution in [3.05, 3.63) is 74.1 Å². The second-order valence-corrected chi connectivity index (χ2v) is 12.0. The van der Waals surface area contributed by atoms with E-state index in [0.29, 0.717) is 16.4 Å². The second kappa shape index (κ2) is 9.24. The van der Waals surface area contributed by atoms with E-state index in [2.05, 4.69) is 43.7 Å². The van der Waals surface area contributed by atoms with Crippen LogP contribution in [0.2, 0.25) is 0 Å². The zero-order valence-corrected chi connectivity index (χ0v) is 22.5. The number of para-hydroxylation sites is 1. The highest BCUT2D eigenvalue weighted by Gasteiger charge is 2.30. The summed E-state index contributed by atoms with van der Waals surface area (Å²) in [6, 6.07) is 13.8. The van der Waals surface area contributed by atoms with Crippen LogP contribution in [0.5, 0.6) is 0 Å². The summed E-state index contributed by atoms with van der Waals surface area (Å²) in [4.78, 5) is 20.3. The summed E-state index contributed by atoms with van der Waals surface area (Å²) in [6.45, 7) is 8.89. The van der Waals surface area contributed by atoms with Crippen LogP contribution in [0, 0.1) is 18.3 Å². The lowest BCUT2D eigenvalue weighted by Gasteiger charge is -2.34. The fourth-order valence-corrected chi connectivity index (χ4v) is 6.81. The Kier molecular flexibility index (Phi) is 6.27. The molecule has 4 aromatic rings. The first kappa shape index (κ1) is 23.8. The minimum absolute atomic E-state index is 0.131. The van der Waals surface area contributed by atoms with Gasteiger partial charge in [0.25, 0.3) is 5.56 Å². The number of hydrogen-bond acceptors (Lipinski definition) is 5. The number of rotatable bonds is 4. The Morgan fingerprint density at radius 1 is 1.09 bits per heavy atom. The Morgan fingerprint density at radius 2 is 1.86 bits per heavy atom. The summed E-state index contributed by atoms with van der Waals surface area (Å²) < 4.78 is 5.49. The molecule has 1 aromatic carbocycles. The van der Waals surface area contributed by atoms with Crippen molar-refractivity contribution >= 4 is 34.1 Å². The Morgan fingerprint density at radius 3 is 2.54 bits per heavy atom. The topological polar surface area (TPSA) is 56.6 Å². The van der Waals surface area contributed by atoms with Gasteiger partial charge < -0.3 is 0 Å². The highest BCUT2D eigenvalue weighted by Crippen LogP contribution is 2.37.